The largest absolute Gasteiger partial charge is 0.457 e. The van der Waals surface area contributed by atoms with Crippen molar-refractivity contribution in [3.63, 3.8) is 0 Å². The van der Waals surface area contributed by atoms with Gasteiger partial charge >= 0.3 is 0 Å². The molecule has 6 nitrogen and oxygen atoms in total. The summed E-state index contributed by atoms with van der Waals surface area (Å²) >= 11 is 0. The molecule has 0 bridgehead atoms. The second-order valence-electron chi connectivity index (χ2n) is 5.32. The number of nitrogens with two attached hydrogens (primary N) is 1. The summed E-state index contributed by atoms with van der Waals surface area (Å²) in [6.07, 6.45) is 1.65. The van der Waals surface area contributed by atoms with Crippen molar-refractivity contribution >= 4 is 21.5 Å². The Morgan fingerprint density at radius 3 is 2.54 bits per heavy atom. The van der Waals surface area contributed by atoms with Gasteiger partial charge in [0.1, 0.15) is 21.3 Å². The Balaban J connectivity index is 1.91. The first-order valence-corrected chi connectivity index (χ1v) is 9.56. The zero-order valence-corrected chi connectivity index (χ0v) is 14.3. The SMILES string of the molecule is CS(=O)(=O)CCCN=C(N)Nc1cccc(Oc2ccccc2)c1. The van der Waals surface area contributed by atoms with Gasteiger partial charge in [-0.05, 0) is 30.7 Å². The molecular formula is C17H21N3O3S. The standard InChI is InChI=1S/C17H21N3O3S/c1-24(21,22)12-6-11-19-17(18)20-14-7-5-10-16(13-14)23-15-8-3-2-4-9-15/h2-5,7-10,13H,6,11-12H2,1H3,(H3,18,19,20). The van der Waals surface area contributed by atoms with E-state index in [-0.39, 0.29) is 11.7 Å². The van der Waals surface area contributed by atoms with Gasteiger partial charge in [0, 0.05) is 24.6 Å². The lowest BCUT2D eigenvalue weighted by Gasteiger charge is -2.09. The van der Waals surface area contributed by atoms with E-state index < -0.39 is 9.84 Å². The molecule has 0 fully saturated rings. The fourth-order valence-electron chi connectivity index (χ4n) is 1.98. The minimum Gasteiger partial charge on any atom is -0.457 e. The van der Waals surface area contributed by atoms with Crippen LogP contribution in [-0.4, -0.2) is 32.9 Å². The van der Waals surface area contributed by atoms with Crippen LogP contribution in [0.5, 0.6) is 11.5 Å². The Bertz CT molecular complexity index is 790. The lowest BCUT2D eigenvalue weighted by Crippen LogP contribution is -2.23. The molecule has 0 aliphatic carbocycles. The van der Waals surface area contributed by atoms with E-state index in [0.717, 1.165) is 11.4 Å². The van der Waals surface area contributed by atoms with Crippen molar-refractivity contribution in [2.24, 2.45) is 10.7 Å². The summed E-state index contributed by atoms with van der Waals surface area (Å²) in [4.78, 5) is 4.11. The maximum Gasteiger partial charge on any atom is 0.193 e. The van der Waals surface area contributed by atoms with Crippen LogP contribution in [0.3, 0.4) is 0 Å². The lowest BCUT2D eigenvalue weighted by molar-refractivity contribution is 0.483. The number of nitrogens with one attached hydrogen (secondary N) is 1. The Morgan fingerprint density at radius 1 is 1.12 bits per heavy atom. The van der Waals surface area contributed by atoms with Gasteiger partial charge in [0.05, 0.1) is 5.75 Å². The van der Waals surface area contributed by atoms with Gasteiger partial charge in [0.15, 0.2) is 5.96 Å². The van der Waals surface area contributed by atoms with Gasteiger partial charge in [0.25, 0.3) is 0 Å². The highest BCUT2D eigenvalue weighted by Crippen LogP contribution is 2.23. The number of aliphatic imine (C=N–C) groups is 1. The van der Waals surface area contributed by atoms with Gasteiger partial charge in [-0.3, -0.25) is 4.99 Å². The van der Waals surface area contributed by atoms with E-state index in [2.05, 4.69) is 10.3 Å². The van der Waals surface area contributed by atoms with Crippen LogP contribution in [0.4, 0.5) is 5.69 Å². The number of rotatable bonds is 7. The van der Waals surface area contributed by atoms with Gasteiger partial charge in [-0.1, -0.05) is 24.3 Å². The number of guanidine groups is 1. The third-order valence-electron chi connectivity index (χ3n) is 3.04. The van der Waals surface area contributed by atoms with E-state index in [9.17, 15) is 8.42 Å². The van der Waals surface area contributed by atoms with E-state index in [1.807, 2.05) is 54.6 Å². The molecule has 128 valence electrons. The van der Waals surface area contributed by atoms with Crippen LogP contribution in [-0.2, 0) is 9.84 Å². The lowest BCUT2D eigenvalue weighted by atomic mass is 10.3. The number of nitrogens with zero attached hydrogens (tertiary/aromatic N) is 1. The molecule has 0 radical (unpaired) electrons. The highest BCUT2D eigenvalue weighted by atomic mass is 32.2. The van der Waals surface area contributed by atoms with E-state index in [1.54, 1.807) is 0 Å². The molecule has 0 aliphatic rings. The van der Waals surface area contributed by atoms with Gasteiger partial charge in [-0.15, -0.1) is 0 Å². The number of hydrogen-bond donors (Lipinski definition) is 2. The van der Waals surface area contributed by atoms with E-state index in [1.165, 1.54) is 6.26 Å². The third-order valence-corrected chi connectivity index (χ3v) is 4.07. The van der Waals surface area contributed by atoms with E-state index in [0.29, 0.717) is 18.7 Å². The zero-order chi connectivity index (χ0) is 17.4. The Morgan fingerprint density at radius 2 is 1.83 bits per heavy atom. The summed E-state index contributed by atoms with van der Waals surface area (Å²) in [7, 11) is -2.96. The minimum absolute atomic E-state index is 0.101. The number of hydrogen-bond acceptors (Lipinski definition) is 4. The van der Waals surface area contributed by atoms with E-state index in [4.69, 9.17) is 10.5 Å². The van der Waals surface area contributed by atoms with Crippen LogP contribution in [0.2, 0.25) is 0 Å². The number of anilines is 1. The summed E-state index contributed by atoms with van der Waals surface area (Å²) in [5, 5.41) is 2.96. The topological polar surface area (TPSA) is 93.8 Å². The number of ether oxygens (including phenoxy) is 1. The zero-order valence-electron chi connectivity index (χ0n) is 13.5. The Kier molecular flexibility index (Phi) is 6.20. The Hall–Kier alpha value is -2.54. The summed E-state index contributed by atoms with van der Waals surface area (Å²) in [6.45, 7) is 0.353. The number of sulfone groups is 1. The van der Waals surface area contributed by atoms with Crippen LogP contribution in [0, 0.1) is 0 Å². The maximum atomic E-state index is 11.0. The van der Waals surface area contributed by atoms with Crippen molar-refractivity contribution in [3.8, 4) is 11.5 Å². The van der Waals surface area contributed by atoms with Gasteiger partial charge < -0.3 is 15.8 Å². The third kappa shape index (κ3) is 6.70. The number of benzene rings is 2. The maximum absolute atomic E-state index is 11.0. The van der Waals surface area contributed by atoms with Crippen molar-refractivity contribution < 1.29 is 13.2 Å². The monoisotopic (exact) mass is 347 g/mol. The molecule has 0 unspecified atom stereocenters. The molecular weight excluding hydrogens is 326 g/mol. The normalized spacial score (nSPS) is 12.0. The molecule has 24 heavy (non-hydrogen) atoms. The van der Waals surface area contributed by atoms with Crippen LogP contribution >= 0.6 is 0 Å². The molecule has 0 heterocycles. The van der Waals surface area contributed by atoms with Gasteiger partial charge in [-0.2, -0.15) is 0 Å². The molecule has 0 amide bonds. The van der Waals surface area contributed by atoms with Crippen LogP contribution < -0.4 is 15.8 Å². The predicted molar refractivity (Wildman–Crippen MR) is 97.4 cm³/mol. The van der Waals surface area contributed by atoms with Crippen molar-refractivity contribution in [3.05, 3.63) is 54.6 Å². The first-order valence-electron chi connectivity index (χ1n) is 7.50. The first-order chi connectivity index (χ1) is 11.4. The molecule has 2 aromatic rings. The average Bonchev–Trinajstić information content (AvgIpc) is 2.52. The minimum atomic E-state index is -2.96. The van der Waals surface area contributed by atoms with Crippen molar-refractivity contribution in [2.45, 2.75) is 6.42 Å². The molecule has 2 rings (SSSR count). The fourth-order valence-corrected chi connectivity index (χ4v) is 2.63. The molecule has 0 atom stereocenters. The van der Waals surface area contributed by atoms with Gasteiger partial charge in [-0.25, -0.2) is 8.42 Å². The molecule has 7 heteroatoms. The van der Waals surface area contributed by atoms with E-state index >= 15 is 0 Å². The van der Waals surface area contributed by atoms with Crippen LogP contribution in [0.25, 0.3) is 0 Å². The summed E-state index contributed by atoms with van der Waals surface area (Å²) in [5.74, 6) is 1.76. The summed E-state index contributed by atoms with van der Waals surface area (Å²) in [6, 6.07) is 16.8. The molecule has 0 aromatic heterocycles. The summed E-state index contributed by atoms with van der Waals surface area (Å²) < 4.78 is 27.8. The van der Waals surface area contributed by atoms with Crippen LogP contribution in [0.1, 0.15) is 6.42 Å². The first kappa shape index (κ1) is 17.8. The van der Waals surface area contributed by atoms with Crippen molar-refractivity contribution in [1.82, 2.24) is 0 Å². The van der Waals surface area contributed by atoms with Crippen molar-refractivity contribution in [1.29, 1.82) is 0 Å². The fraction of sp³-hybridized carbons (Fsp3) is 0.235. The Labute approximate surface area is 142 Å². The van der Waals surface area contributed by atoms with Crippen LogP contribution in [0.15, 0.2) is 59.6 Å². The smallest absolute Gasteiger partial charge is 0.193 e. The summed E-state index contributed by atoms with van der Waals surface area (Å²) in [5.41, 5.74) is 6.55. The highest BCUT2D eigenvalue weighted by molar-refractivity contribution is 7.90. The molecule has 0 spiro atoms. The molecule has 0 aliphatic heterocycles. The quantitative estimate of drug-likeness (QED) is 0.456. The molecule has 3 N–H and O–H groups in total. The predicted octanol–water partition coefficient (Wildman–Crippen LogP) is 2.64. The van der Waals surface area contributed by atoms with Gasteiger partial charge in [0.2, 0.25) is 0 Å². The van der Waals surface area contributed by atoms with Crippen molar-refractivity contribution in [2.75, 3.05) is 23.9 Å². The second-order valence-corrected chi connectivity index (χ2v) is 7.58. The second kappa shape index (κ2) is 8.35. The average molecular weight is 347 g/mol. The molecule has 2 aromatic carbocycles. The number of para-hydroxylation sites is 1. The molecule has 0 saturated carbocycles. The highest BCUT2D eigenvalue weighted by Gasteiger charge is 2.02. The molecule has 0 saturated heterocycles.